The Labute approximate surface area is 166 Å². The number of rotatable bonds is 9. The van der Waals surface area contributed by atoms with Gasteiger partial charge in [0.25, 0.3) is 0 Å². The van der Waals surface area contributed by atoms with Crippen LogP contribution in [0.2, 0.25) is 5.02 Å². The summed E-state index contributed by atoms with van der Waals surface area (Å²) in [5, 5.41) is 3.57. The quantitative estimate of drug-likeness (QED) is 0.621. The number of amides is 1. The van der Waals surface area contributed by atoms with Crippen LogP contribution in [-0.2, 0) is 10.5 Å². The summed E-state index contributed by atoms with van der Waals surface area (Å²) in [5.41, 5.74) is 1.81. The van der Waals surface area contributed by atoms with Gasteiger partial charge in [0.1, 0.15) is 0 Å². The molecule has 0 aromatic heterocycles. The topological polar surface area (TPSA) is 47.6 Å². The molecule has 0 aliphatic rings. The molecule has 0 fully saturated rings. The van der Waals surface area contributed by atoms with Crippen molar-refractivity contribution in [1.82, 2.24) is 5.32 Å². The molecular weight excluding hydrogens is 396 g/mol. The summed E-state index contributed by atoms with van der Waals surface area (Å²) < 4.78 is 34.1. The SMILES string of the molecule is COc1cc(CSCC(=O)N[C@@H](C)c2ccc(Cl)cc2)ccc1OC(F)F. The van der Waals surface area contributed by atoms with E-state index in [2.05, 4.69) is 10.1 Å². The number of thioether (sulfide) groups is 1. The lowest BCUT2D eigenvalue weighted by atomic mass is 10.1. The Kier molecular flexibility index (Phi) is 8.19. The summed E-state index contributed by atoms with van der Waals surface area (Å²) >= 11 is 7.28. The van der Waals surface area contributed by atoms with Crippen molar-refractivity contribution in [3.05, 3.63) is 58.6 Å². The fraction of sp³-hybridized carbons (Fsp3) is 0.316. The van der Waals surface area contributed by atoms with Gasteiger partial charge in [0.2, 0.25) is 5.91 Å². The van der Waals surface area contributed by atoms with E-state index in [9.17, 15) is 13.6 Å². The number of nitrogens with one attached hydrogen (secondary N) is 1. The largest absolute Gasteiger partial charge is 0.493 e. The third-order valence-corrected chi connectivity index (χ3v) is 4.95. The van der Waals surface area contributed by atoms with Crippen molar-refractivity contribution < 1.29 is 23.0 Å². The molecule has 0 spiro atoms. The highest BCUT2D eigenvalue weighted by Crippen LogP contribution is 2.30. The van der Waals surface area contributed by atoms with E-state index in [-0.39, 0.29) is 29.2 Å². The van der Waals surface area contributed by atoms with Gasteiger partial charge in [-0.05, 0) is 42.3 Å². The third-order valence-electron chi connectivity index (χ3n) is 3.69. The molecule has 4 nitrogen and oxygen atoms in total. The van der Waals surface area contributed by atoms with Crippen LogP contribution in [0.25, 0.3) is 0 Å². The van der Waals surface area contributed by atoms with Crippen molar-refractivity contribution >= 4 is 29.3 Å². The van der Waals surface area contributed by atoms with Crippen LogP contribution in [-0.4, -0.2) is 25.4 Å². The van der Waals surface area contributed by atoms with Gasteiger partial charge in [0.15, 0.2) is 11.5 Å². The van der Waals surface area contributed by atoms with Crippen molar-refractivity contribution in [1.29, 1.82) is 0 Å². The number of ether oxygens (including phenoxy) is 2. The van der Waals surface area contributed by atoms with Gasteiger partial charge in [0.05, 0.1) is 18.9 Å². The number of carbonyl (C=O) groups excluding carboxylic acids is 1. The molecule has 0 saturated carbocycles. The second-order valence-corrected chi connectivity index (χ2v) is 7.12. The molecule has 0 aliphatic heterocycles. The molecule has 0 radical (unpaired) electrons. The zero-order chi connectivity index (χ0) is 19.8. The van der Waals surface area contributed by atoms with Crippen molar-refractivity contribution in [2.24, 2.45) is 0 Å². The maximum absolute atomic E-state index is 12.3. The first kappa shape index (κ1) is 21.3. The molecule has 2 aromatic rings. The van der Waals surface area contributed by atoms with Crippen LogP contribution < -0.4 is 14.8 Å². The van der Waals surface area contributed by atoms with Crippen LogP contribution in [0.15, 0.2) is 42.5 Å². The minimum absolute atomic E-state index is 0.0178. The Balaban J connectivity index is 1.83. The number of benzene rings is 2. The summed E-state index contributed by atoms with van der Waals surface area (Å²) in [7, 11) is 1.39. The van der Waals surface area contributed by atoms with Crippen LogP contribution in [0, 0.1) is 0 Å². The number of methoxy groups -OCH3 is 1. The molecule has 0 bridgehead atoms. The molecule has 1 atom stereocenters. The normalized spacial score (nSPS) is 11.9. The first-order chi connectivity index (χ1) is 12.9. The van der Waals surface area contributed by atoms with Gasteiger partial charge in [-0.3, -0.25) is 4.79 Å². The lowest BCUT2D eigenvalue weighted by Gasteiger charge is -2.14. The monoisotopic (exact) mass is 415 g/mol. The molecule has 27 heavy (non-hydrogen) atoms. The summed E-state index contributed by atoms with van der Waals surface area (Å²) in [6.45, 7) is -1.01. The van der Waals surface area contributed by atoms with Gasteiger partial charge in [0, 0.05) is 10.8 Å². The van der Waals surface area contributed by atoms with Crippen LogP contribution in [0.5, 0.6) is 11.5 Å². The first-order valence-corrected chi connectivity index (χ1v) is 9.66. The molecule has 2 rings (SSSR count). The fourth-order valence-corrected chi connectivity index (χ4v) is 3.29. The first-order valence-electron chi connectivity index (χ1n) is 8.13. The van der Waals surface area contributed by atoms with E-state index in [0.717, 1.165) is 11.1 Å². The Morgan fingerprint density at radius 3 is 2.52 bits per heavy atom. The molecule has 1 N–H and O–H groups in total. The molecule has 146 valence electrons. The Morgan fingerprint density at radius 1 is 1.19 bits per heavy atom. The van der Waals surface area contributed by atoms with E-state index in [4.69, 9.17) is 16.3 Å². The second kappa shape index (κ2) is 10.4. The second-order valence-electron chi connectivity index (χ2n) is 5.70. The van der Waals surface area contributed by atoms with Crippen LogP contribution >= 0.6 is 23.4 Å². The minimum Gasteiger partial charge on any atom is -0.493 e. The summed E-state index contributed by atoms with van der Waals surface area (Å²) in [6.07, 6.45) is 0. The minimum atomic E-state index is -2.91. The Bertz CT molecular complexity index is 759. The van der Waals surface area contributed by atoms with Crippen molar-refractivity contribution in [2.45, 2.75) is 25.3 Å². The van der Waals surface area contributed by atoms with Crippen molar-refractivity contribution in [3.63, 3.8) is 0 Å². The van der Waals surface area contributed by atoms with Gasteiger partial charge >= 0.3 is 6.61 Å². The van der Waals surface area contributed by atoms with Gasteiger partial charge in [-0.15, -0.1) is 11.8 Å². The molecule has 8 heteroatoms. The van der Waals surface area contributed by atoms with Gasteiger partial charge in [-0.2, -0.15) is 8.78 Å². The average molecular weight is 416 g/mol. The third kappa shape index (κ3) is 6.92. The standard InChI is InChI=1S/C19H20ClF2NO3S/c1-12(14-4-6-15(20)7-5-14)23-18(24)11-27-10-13-3-8-16(26-19(21)22)17(9-13)25-2/h3-9,12,19H,10-11H2,1-2H3,(H,23,24)/t12-/m0/s1. The molecule has 0 unspecified atom stereocenters. The maximum atomic E-state index is 12.3. The molecule has 0 saturated heterocycles. The molecule has 0 heterocycles. The van der Waals surface area contributed by atoms with E-state index < -0.39 is 6.61 Å². The molecule has 2 aromatic carbocycles. The average Bonchev–Trinajstić information content (AvgIpc) is 2.62. The highest BCUT2D eigenvalue weighted by Gasteiger charge is 2.12. The molecule has 1 amide bonds. The number of carbonyl (C=O) groups is 1. The number of hydrogen-bond acceptors (Lipinski definition) is 4. The van der Waals surface area contributed by atoms with Crippen LogP contribution in [0.1, 0.15) is 24.1 Å². The van der Waals surface area contributed by atoms with E-state index >= 15 is 0 Å². The van der Waals surface area contributed by atoms with Crippen molar-refractivity contribution in [3.8, 4) is 11.5 Å². The van der Waals surface area contributed by atoms with Gasteiger partial charge in [-0.25, -0.2) is 0 Å². The number of halogens is 3. The smallest absolute Gasteiger partial charge is 0.387 e. The lowest BCUT2D eigenvalue weighted by Crippen LogP contribution is -2.28. The highest BCUT2D eigenvalue weighted by molar-refractivity contribution is 7.99. The molecular formula is C19H20ClF2NO3S. The predicted molar refractivity (Wildman–Crippen MR) is 104 cm³/mol. The summed E-state index contributed by atoms with van der Waals surface area (Å²) in [5.74, 6) is 0.931. The maximum Gasteiger partial charge on any atom is 0.387 e. The number of hydrogen-bond donors (Lipinski definition) is 1. The predicted octanol–water partition coefficient (Wildman–Crippen LogP) is 5.06. The van der Waals surface area contributed by atoms with Gasteiger partial charge in [-0.1, -0.05) is 29.8 Å². The number of alkyl halides is 2. The van der Waals surface area contributed by atoms with E-state index in [1.54, 1.807) is 24.3 Å². The van der Waals surface area contributed by atoms with Gasteiger partial charge < -0.3 is 14.8 Å². The molecule has 0 aliphatic carbocycles. The zero-order valence-electron chi connectivity index (χ0n) is 14.9. The van der Waals surface area contributed by atoms with Crippen LogP contribution in [0.4, 0.5) is 8.78 Å². The zero-order valence-corrected chi connectivity index (χ0v) is 16.4. The van der Waals surface area contributed by atoms with Crippen molar-refractivity contribution in [2.75, 3.05) is 12.9 Å². The summed E-state index contributed by atoms with van der Waals surface area (Å²) in [4.78, 5) is 12.1. The highest BCUT2D eigenvalue weighted by atomic mass is 35.5. The lowest BCUT2D eigenvalue weighted by molar-refractivity contribution is -0.119. The van der Waals surface area contributed by atoms with E-state index in [1.165, 1.54) is 24.9 Å². The summed E-state index contributed by atoms with van der Waals surface area (Å²) in [6, 6.07) is 11.9. The van der Waals surface area contributed by atoms with Crippen LogP contribution in [0.3, 0.4) is 0 Å². The van der Waals surface area contributed by atoms with E-state index in [0.29, 0.717) is 10.8 Å². The van der Waals surface area contributed by atoms with E-state index in [1.807, 2.05) is 19.1 Å². The Hall–Kier alpha value is -1.99. The fourth-order valence-electron chi connectivity index (χ4n) is 2.37. The Morgan fingerprint density at radius 2 is 1.89 bits per heavy atom.